The van der Waals surface area contributed by atoms with Crippen molar-refractivity contribution >= 4 is 31.8 Å². The van der Waals surface area contributed by atoms with Crippen molar-refractivity contribution in [3.63, 3.8) is 0 Å². The second-order valence-corrected chi connectivity index (χ2v) is 8.35. The molecular weight excluding hydrogens is 400 g/mol. The van der Waals surface area contributed by atoms with Crippen molar-refractivity contribution in [3.8, 4) is 0 Å². The number of rotatable bonds is 9. The number of anilines is 1. The average molecular weight is 417 g/mol. The van der Waals surface area contributed by atoms with Crippen LogP contribution in [0.1, 0.15) is 5.56 Å². The monoisotopic (exact) mass is 417 g/mol. The number of nitrogens with one attached hydrogen (secondary N) is 1. The van der Waals surface area contributed by atoms with Gasteiger partial charge in [0.1, 0.15) is 0 Å². The number of azo groups is 1. The Bertz CT molecular complexity index is 991. The number of hydrogen-bond acceptors (Lipinski definition) is 7. The molecule has 0 radical (unpaired) electrons. The van der Waals surface area contributed by atoms with Crippen LogP contribution in [0.15, 0.2) is 63.7 Å². The zero-order valence-corrected chi connectivity index (χ0v) is 15.7. The summed E-state index contributed by atoms with van der Waals surface area (Å²) in [6.07, 6.45) is 0.597. The summed E-state index contributed by atoms with van der Waals surface area (Å²) in [6.45, 7) is 0.366. The van der Waals surface area contributed by atoms with Gasteiger partial charge in [-0.2, -0.15) is 27.1 Å². The van der Waals surface area contributed by atoms with Gasteiger partial charge < -0.3 is 5.32 Å². The molecule has 2 rings (SSSR count). The largest absolute Gasteiger partial charge is 0.384 e. The van der Waals surface area contributed by atoms with E-state index in [0.717, 1.165) is 17.7 Å². The van der Waals surface area contributed by atoms with Gasteiger partial charge in [-0.15, -0.1) is 7.77 Å². The molecule has 2 aromatic carbocycles. The Morgan fingerprint density at radius 3 is 2.07 bits per heavy atom. The highest BCUT2D eigenvalue weighted by Crippen LogP contribution is 2.18. The zero-order chi connectivity index (χ0) is 19.9. The van der Waals surface area contributed by atoms with Crippen molar-refractivity contribution in [1.82, 2.24) is 0 Å². The molecule has 0 bridgehead atoms. The van der Waals surface area contributed by atoms with Crippen LogP contribution in [0.3, 0.4) is 0 Å². The first kappa shape index (κ1) is 20.9. The van der Waals surface area contributed by atoms with Crippen molar-refractivity contribution in [2.75, 3.05) is 24.2 Å². The summed E-state index contributed by atoms with van der Waals surface area (Å²) >= 11 is 0. The van der Waals surface area contributed by atoms with Gasteiger partial charge >= 0.3 is 20.4 Å². The van der Waals surface area contributed by atoms with E-state index in [1.165, 1.54) is 12.1 Å². The minimum absolute atomic E-state index is 0.0190. The molecule has 0 aromatic heterocycles. The van der Waals surface area contributed by atoms with E-state index < -0.39 is 31.1 Å². The molecule has 0 saturated carbocycles. The maximum Gasteiger partial charge on any atom is 0.332 e. The maximum absolute atomic E-state index is 12.8. The molecule has 0 aliphatic rings. The minimum Gasteiger partial charge on any atom is -0.384 e. The Morgan fingerprint density at radius 2 is 1.52 bits per heavy atom. The lowest BCUT2D eigenvalue weighted by molar-refractivity contribution is 0.550. The summed E-state index contributed by atoms with van der Waals surface area (Å²) in [4.78, 5) is -0.431. The lowest BCUT2D eigenvalue weighted by atomic mass is 10.1. The number of benzene rings is 2. The summed E-state index contributed by atoms with van der Waals surface area (Å²) in [5.74, 6) is -0.590. The van der Waals surface area contributed by atoms with E-state index in [9.17, 15) is 24.6 Å². The van der Waals surface area contributed by atoms with Gasteiger partial charge in [0.05, 0.1) is 22.9 Å². The van der Waals surface area contributed by atoms with Crippen molar-refractivity contribution < 1.29 is 24.6 Å². The predicted molar refractivity (Wildman–Crippen MR) is 97.6 cm³/mol. The van der Waals surface area contributed by atoms with Crippen LogP contribution in [0, 0.1) is 0 Å². The lowest BCUT2D eigenvalue weighted by Crippen LogP contribution is -2.11. The zero-order valence-electron chi connectivity index (χ0n) is 14.0. The van der Waals surface area contributed by atoms with Crippen LogP contribution in [-0.2, 0) is 26.9 Å². The summed E-state index contributed by atoms with van der Waals surface area (Å²) in [5, 5.41) is 10.7. The molecular formula is C16H17F2N3O4S2. The second kappa shape index (κ2) is 9.00. The molecule has 0 aliphatic carbocycles. The smallest absolute Gasteiger partial charge is 0.332 e. The number of nitrogens with zero attached hydrogens (tertiary/aromatic N) is 2. The molecule has 0 fully saturated rings. The SMILES string of the molecule is O=S(=O)(F)CCNc1ccc(CCN=Nc2ccc(S(=O)(=O)F)cc2)cc1. The van der Waals surface area contributed by atoms with Crippen molar-refractivity contribution in [2.24, 2.45) is 10.2 Å². The van der Waals surface area contributed by atoms with Gasteiger partial charge in [0.25, 0.3) is 0 Å². The van der Waals surface area contributed by atoms with E-state index in [-0.39, 0.29) is 6.54 Å². The van der Waals surface area contributed by atoms with E-state index in [2.05, 4.69) is 15.5 Å². The van der Waals surface area contributed by atoms with Crippen LogP contribution in [0.2, 0.25) is 0 Å². The Balaban J connectivity index is 1.80. The minimum atomic E-state index is -4.72. The summed E-state index contributed by atoms with van der Waals surface area (Å²) in [6, 6.07) is 12.1. The van der Waals surface area contributed by atoms with E-state index >= 15 is 0 Å². The Morgan fingerprint density at radius 1 is 0.889 bits per heavy atom. The predicted octanol–water partition coefficient (Wildman–Crippen LogP) is 3.38. The molecule has 11 heteroatoms. The van der Waals surface area contributed by atoms with Gasteiger partial charge in [0, 0.05) is 12.2 Å². The standard InChI is InChI=1S/C16H17F2N3O4S2/c17-26(22,23)12-11-19-14-3-1-13(2-4-14)9-10-20-21-15-5-7-16(8-6-15)27(18,24)25/h1-8,19H,9-12H2. The lowest BCUT2D eigenvalue weighted by Gasteiger charge is -2.05. The van der Waals surface area contributed by atoms with Crippen LogP contribution >= 0.6 is 0 Å². The van der Waals surface area contributed by atoms with Gasteiger partial charge in [0.15, 0.2) is 0 Å². The number of halogens is 2. The fraction of sp³-hybridized carbons (Fsp3) is 0.250. The van der Waals surface area contributed by atoms with Gasteiger partial charge in [-0.1, -0.05) is 12.1 Å². The summed E-state index contributed by atoms with van der Waals surface area (Å²) in [5.41, 5.74) is 2.05. The molecule has 0 unspecified atom stereocenters. The summed E-state index contributed by atoms with van der Waals surface area (Å²) < 4.78 is 67.4. The second-order valence-electron chi connectivity index (χ2n) is 5.51. The third-order valence-corrected chi connectivity index (χ3v) is 4.96. The van der Waals surface area contributed by atoms with Crippen LogP contribution in [0.4, 0.5) is 19.1 Å². The molecule has 0 atom stereocenters. The van der Waals surface area contributed by atoms with Crippen LogP contribution in [-0.4, -0.2) is 35.7 Å². The maximum atomic E-state index is 12.8. The van der Waals surface area contributed by atoms with Gasteiger partial charge in [0.2, 0.25) is 0 Å². The van der Waals surface area contributed by atoms with E-state index in [1.54, 1.807) is 12.1 Å². The Kier molecular flexibility index (Phi) is 6.97. The molecule has 0 aliphatic heterocycles. The molecule has 0 heterocycles. The molecule has 0 saturated heterocycles. The highest BCUT2D eigenvalue weighted by Gasteiger charge is 2.10. The quantitative estimate of drug-likeness (QED) is 0.497. The van der Waals surface area contributed by atoms with Crippen LogP contribution < -0.4 is 5.32 Å². The summed E-state index contributed by atoms with van der Waals surface area (Å²) in [7, 11) is -9.21. The normalized spacial score (nSPS) is 12.4. The fourth-order valence-electron chi connectivity index (χ4n) is 2.09. The highest BCUT2D eigenvalue weighted by atomic mass is 32.3. The van der Waals surface area contributed by atoms with Gasteiger partial charge in [-0.05, 0) is 48.4 Å². The molecule has 1 N–H and O–H groups in total. The fourth-order valence-corrected chi connectivity index (χ4v) is 2.90. The van der Waals surface area contributed by atoms with Crippen molar-refractivity contribution in [2.45, 2.75) is 11.3 Å². The molecule has 7 nitrogen and oxygen atoms in total. The van der Waals surface area contributed by atoms with E-state index in [4.69, 9.17) is 0 Å². The van der Waals surface area contributed by atoms with Crippen molar-refractivity contribution in [1.29, 1.82) is 0 Å². The topological polar surface area (TPSA) is 105 Å². The molecule has 0 spiro atoms. The number of hydrogen-bond donors (Lipinski definition) is 1. The van der Waals surface area contributed by atoms with Crippen molar-refractivity contribution in [3.05, 3.63) is 54.1 Å². The molecule has 27 heavy (non-hydrogen) atoms. The van der Waals surface area contributed by atoms with Gasteiger partial charge in [-0.25, -0.2) is 0 Å². The average Bonchev–Trinajstić information content (AvgIpc) is 2.58. The molecule has 0 amide bonds. The third kappa shape index (κ3) is 7.79. The first-order chi connectivity index (χ1) is 12.6. The van der Waals surface area contributed by atoms with Crippen LogP contribution in [0.25, 0.3) is 0 Å². The third-order valence-electron chi connectivity index (χ3n) is 3.43. The first-order valence-corrected chi connectivity index (χ1v) is 10.7. The molecule has 146 valence electrons. The van der Waals surface area contributed by atoms with E-state index in [1.807, 2.05) is 12.1 Å². The first-order valence-electron chi connectivity index (χ1n) is 7.81. The van der Waals surface area contributed by atoms with Gasteiger partial charge in [-0.3, -0.25) is 0 Å². The highest BCUT2D eigenvalue weighted by molar-refractivity contribution is 7.86. The van der Waals surface area contributed by atoms with Crippen LogP contribution in [0.5, 0.6) is 0 Å². The Labute approximate surface area is 156 Å². The van der Waals surface area contributed by atoms with E-state index in [0.29, 0.717) is 24.3 Å². The molecule has 2 aromatic rings. The Hall–Kier alpha value is -2.40.